The molecule has 154 valence electrons. The van der Waals surface area contributed by atoms with Crippen molar-refractivity contribution in [3.8, 4) is 5.75 Å². The first kappa shape index (κ1) is 19.8. The summed E-state index contributed by atoms with van der Waals surface area (Å²) >= 11 is 0. The van der Waals surface area contributed by atoms with Crippen molar-refractivity contribution < 1.29 is 9.53 Å². The highest BCUT2D eigenvalue weighted by Gasteiger charge is 2.38. The van der Waals surface area contributed by atoms with Crippen molar-refractivity contribution in [2.24, 2.45) is 0 Å². The highest BCUT2D eigenvalue weighted by atomic mass is 16.5. The zero-order chi connectivity index (χ0) is 20.2. The third-order valence-electron chi connectivity index (χ3n) is 6.32. The summed E-state index contributed by atoms with van der Waals surface area (Å²) in [6.07, 6.45) is 5.69. The zero-order valence-corrected chi connectivity index (χ0v) is 17.4. The topological polar surface area (TPSA) is 53.6 Å². The molecule has 2 saturated heterocycles. The van der Waals surface area contributed by atoms with Gasteiger partial charge in [0, 0.05) is 35.9 Å². The van der Waals surface area contributed by atoms with E-state index in [0.717, 1.165) is 30.8 Å². The Hall–Kier alpha value is -2.53. The number of urea groups is 1. The fourth-order valence-corrected chi connectivity index (χ4v) is 4.87. The number of anilines is 1. The minimum atomic E-state index is -0.102. The lowest BCUT2D eigenvalue weighted by Crippen LogP contribution is -2.56. The SMILES string of the molecule is COc1ccccc1CN1C2CCCC1CC(NC(=O)Nc1ccc(C)cc1)C2. The van der Waals surface area contributed by atoms with Crippen LogP contribution in [0.4, 0.5) is 10.5 Å². The van der Waals surface area contributed by atoms with Gasteiger partial charge in [0.05, 0.1) is 7.11 Å². The standard InChI is InChI=1S/C24H31N3O2/c1-17-10-12-19(13-11-17)25-24(28)26-20-14-21-7-5-8-22(15-20)27(21)16-18-6-3-4-9-23(18)29-2/h3-4,6,9-13,20-22H,5,7-8,14-16H2,1-2H3,(H2,25,26,28). The third-order valence-corrected chi connectivity index (χ3v) is 6.32. The molecular formula is C24H31N3O2. The first-order valence-corrected chi connectivity index (χ1v) is 10.6. The Morgan fingerprint density at radius 1 is 1.07 bits per heavy atom. The number of fused-ring (bicyclic) bond motifs is 2. The average molecular weight is 394 g/mol. The first-order valence-electron chi connectivity index (χ1n) is 10.6. The molecule has 2 unspecified atom stereocenters. The Morgan fingerprint density at radius 2 is 1.76 bits per heavy atom. The largest absolute Gasteiger partial charge is 0.496 e. The maximum Gasteiger partial charge on any atom is 0.319 e. The van der Waals surface area contributed by atoms with Crippen molar-refractivity contribution in [3.63, 3.8) is 0 Å². The summed E-state index contributed by atoms with van der Waals surface area (Å²) in [4.78, 5) is 15.1. The van der Waals surface area contributed by atoms with Crippen LogP contribution < -0.4 is 15.4 Å². The van der Waals surface area contributed by atoms with Crippen LogP contribution in [0.3, 0.4) is 0 Å². The van der Waals surface area contributed by atoms with Gasteiger partial charge < -0.3 is 15.4 Å². The fourth-order valence-electron chi connectivity index (χ4n) is 4.87. The predicted molar refractivity (Wildman–Crippen MR) is 116 cm³/mol. The number of amides is 2. The summed E-state index contributed by atoms with van der Waals surface area (Å²) in [5.41, 5.74) is 3.27. The number of rotatable bonds is 5. The van der Waals surface area contributed by atoms with Gasteiger partial charge in [-0.05, 0) is 50.8 Å². The van der Waals surface area contributed by atoms with E-state index in [-0.39, 0.29) is 12.1 Å². The lowest BCUT2D eigenvalue weighted by atomic mass is 9.81. The Labute approximate surface area is 173 Å². The minimum absolute atomic E-state index is 0.102. The number of carbonyl (C=O) groups excluding carboxylic acids is 1. The van der Waals surface area contributed by atoms with E-state index in [4.69, 9.17) is 4.74 Å². The van der Waals surface area contributed by atoms with E-state index in [2.05, 4.69) is 27.7 Å². The quantitative estimate of drug-likeness (QED) is 0.773. The molecule has 2 N–H and O–H groups in total. The number of aryl methyl sites for hydroxylation is 1. The summed E-state index contributed by atoms with van der Waals surface area (Å²) in [5.74, 6) is 0.961. The highest BCUT2D eigenvalue weighted by molar-refractivity contribution is 5.89. The summed E-state index contributed by atoms with van der Waals surface area (Å²) in [5, 5.41) is 6.18. The number of hydrogen-bond donors (Lipinski definition) is 2. The molecule has 2 aromatic rings. The maximum atomic E-state index is 12.5. The molecule has 29 heavy (non-hydrogen) atoms. The molecule has 2 fully saturated rings. The van der Waals surface area contributed by atoms with Crippen LogP contribution in [-0.2, 0) is 6.54 Å². The fraction of sp³-hybridized carbons (Fsp3) is 0.458. The molecule has 2 bridgehead atoms. The molecular weight excluding hydrogens is 362 g/mol. The smallest absolute Gasteiger partial charge is 0.319 e. The van der Waals surface area contributed by atoms with Gasteiger partial charge in [0.25, 0.3) is 0 Å². The van der Waals surface area contributed by atoms with Crippen LogP contribution in [0.5, 0.6) is 5.75 Å². The monoisotopic (exact) mass is 393 g/mol. The van der Waals surface area contributed by atoms with E-state index < -0.39 is 0 Å². The molecule has 5 heteroatoms. The van der Waals surface area contributed by atoms with E-state index in [1.165, 1.54) is 30.4 Å². The number of para-hydroxylation sites is 1. The van der Waals surface area contributed by atoms with Crippen LogP contribution in [0.1, 0.15) is 43.2 Å². The Bertz CT molecular complexity index is 822. The van der Waals surface area contributed by atoms with E-state index in [9.17, 15) is 4.79 Å². The van der Waals surface area contributed by atoms with Gasteiger partial charge in [-0.2, -0.15) is 0 Å². The van der Waals surface area contributed by atoms with Crippen LogP contribution >= 0.6 is 0 Å². The van der Waals surface area contributed by atoms with Gasteiger partial charge in [-0.25, -0.2) is 4.79 Å². The van der Waals surface area contributed by atoms with Gasteiger partial charge in [0.15, 0.2) is 0 Å². The van der Waals surface area contributed by atoms with Crippen molar-refractivity contribution in [2.45, 2.75) is 63.7 Å². The zero-order valence-electron chi connectivity index (χ0n) is 17.4. The molecule has 0 saturated carbocycles. The van der Waals surface area contributed by atoms with Crippen molar-refractivity contribution in [2.75, 3.05) is 12.4 Å². The number of hydrogen-bond acceptors (Lipinski definition) is 3. The number of piperidine rings is 2. The van der Waals surface area contributed by atoms with Crippen LogP contribution in [-0.4, -0.2) is 36.2 Å². The molecule has 2 aromatic carbocycles. The van der Waals surface area contributed by atoms with Crippen LogP contribution in [0, 0.1) is 6.92 Å². The van der Waals surface area contributed by atoms with Crippen LogP contribution in [0.15, 0.2) is 48.5 Å². The Morgan fingerprint density at radius 3 is 2.45 bits per heavy atom. The van der Waals surface area contributed by atoms with Crippen molar-refractivity contribution >= 4 is 11.7 Å². The third kappa shape index (κ3) is 4.73. The Kier molecular flexibility index (Phi) is 6.05. The van der Waals surface area contributed by atoms with Crippen molar-refractivity contribution in [1.29, 1.82) is 0 Å². The van der Waals surface area contributed by atoms with Gasteiger partial charge in [-0.3, -0.25) is 4.90 Å². The van der Waals surface area contributed by atoms with Crippen LogP contribution in [0.25, 0.3) is 0 Å². The van der Waals surface area contributed by atoms with Gasteiger partial charge in [-0.15, -0.1) is 0 Å². The molecule has 0 radical (unpaired) electrons. The number of nitrogens with zero attached hydrogens (tertiary/aromatic N) is 1. The Balaban J connectivity index is 1.37. The van der Waals surface area contributed by atoms with Gasteiger partial charge >= 0.3 is 6.03 Å². The molecule has 2 aliphatic heterocycles. The molecule has 0 spiro atoms. The number of ether oxygens (including phenoxy) is 1. The lowest BCUT2D eigenvalue weighted by Gasteiger charge is -2.49. The molecule has 2 aliphatic rings. The summed E-state index contributed by atoms with van der Waals surface area (Å²) in [6.45, 7) is 2.96. The van der Waals surface area contributed by atoms with Gasteiger partial charge in [0.2, 0.25) is 0 Å². The molecule has 2 amide bonds. The molecule has 0 aromatic heterocycles. The van der Waals surface area contributed by atoms with E-state index in [1.54, 1.807) is 7.11 Å². The summed E-state index contributed by atoms with van der Waals surface area (Å²) in [7, 11) is 1.74. The number of benzene rings is 2. The average Bonchev–Trinajstić information content (AvgIpc) is 2.70. The minimum Gasteiger partial charge on any atom is -0.496 e. The second-order valence-electron chi connectivity index (χ2n) is 8.36. The number of carbonyl (C=O) groups is 1. The second kappa shape index (κ2) is 8.87. The van der Waals surface area contributed by atoms with Crippen molar-refractivity contribution in [1.82, 2.24) is 10.2 Å². The van der Waals surface area contributed by atoms with Gasteiger partial charge in [0.1, 0.15) is 5.75 Å². The maximum absolute atomic E-state index is 12.5. The van der Waals surface area contributed by atoms with Gasteiger partial charge in [-0.1, -0.05) is 42.3 Å². The molecule has 2 atom stereocenters. The first-order chi connectivity index (χ1) is 14.1. The lowest BCUT2D eigenvalue weighted by molar-refractivity contribution is 0.0195. The van der Waals surface area contributed by atoms with Crippen LogP contribution in [0.2, 0.25) is 0 Å². The molecule has 4 rings (SSSR count). The predicted octanol–water partition coefficient (Wildman–Crippen LogP) is 4.71. The van der Waals surface area contributed by atoms with E-state index in [1.807, 2.05) is 43.3 Å². The normalized spacial score (nSPS) is 24.0. The van der Waals surface area contributed by atoms with E-state index >= 15 is 0 Å². The van der Waals surface area contributed by atoms with Crippen molar-refractivity contribution in [3.05, 3.63) is 59.7 Å². The number of nitrogens with one attached hydrogen (secondary N) is 2. The molecule has 0 aliphatic carbocycles. The molecule has 5 nitrogen and oxygen atoms in total. The summed E-state index contributed by atoms with van der Waals surface area (Å²) < 4.78 is 5.55. The molecule has 2 heterocycles. The second-order valence-corrected chi connectivity index (χ2v) is 8.36. The highest BCUT2D eigenvalue weighted by Crippen LogP contribution is 2.36. The van der Waals surface area contributed by atoms with E-state index in [0.29, 0.717) is 12.1 Å². The summed E-state index contributed by atoms with van der Waals surface area (Å²) in [6, 6.07) is 17.4. The number of methoxy groups -OCH3 is 1.